The molecule has 0 saturated heterocycles. The van der Waals surface area contributed by atoms with Crippen LogP contribution in [0.5, 0.6) is 0 Å². The molecule has 1 aromatic carbocycles. The molecule has 0 unspecified atom stereocenters. The summed E-state index contributed by atoms with van der Waals surface area (Å²) < 4.78 is 2.11. The van der Waals surface area contributed by atoms with Gasteiger partial charge in [0.15, 0.2) is 0 Å². The molecule has 0 fully saturated rings. The van der Waals surface area contributed by atoms with Gasteiger partial charge in [0.1, 0.15) is 5.82 Å². The zero-order valence-corrected chi connectivity index (χ0v) is 11.3. The van der Waals surface area contributed by atoms with Crippen molar-refractivity contribution in [2.75, 3.05) is 19.5 Å². The van der Waals surface area contributed by atoms with Gasteiger partial charge in [-0.1, -0.05) is 6.07 Å². The van der Waals surface area contributed by atoms with Crippen LogP contribution in [-0.2, 0) is 13.6 Å². The molecule has 0 aliphatic rings. The fourth-order valence-electron chi connectivity index (χ4n) is 2.00. The second kappa shape index (κ2) is 5.07. The molecule has 92 valence electrons. The van der Waals surface area contributed by atoms with Gasteiger partial charge < -0.3 is 9.47 Å². The fraction of sp³-hybridized carbons (Fsp3) is 0.462. The van der Waals surface area contributed by atoms with Gasteiger partial charge in [0, 0.05) is 26.0 Å². The smallest absolute Gasteiger partial charge is 0.106 e. The minimum absolute atomic E-state index is 0.668. The van der Waals surface area contributed by atoms with Gasteiger partial charge in [-0.2, -0.15) is 0 Å². The first-order chi connectivity index (χ1) is 8.11. The summed E-state index contributed by atoms with van der Waals surface area (Å²) in [7, 11) is 4.13. The number of fused-ring (bicyclic) bond motifs is 1. The Kier molecular flexibility index (Phi) is 3.69. The molecule has 2 rings (SSSR count). The standard InChI is InChI=1S/C13H18ClN3/c1-10-15-12-8-11(9-16(2)7-6-14)4-5-13(12)17(10)3/h4-5,8H,6-7,9H2,1-3H3. The number of nitrogens with zero attached hydrogens (tertiary/aromatic N) is 3. The summed E-state index contributed by atoms with van der Waals surface area (Å²) in [5.41, 5.74) is 3.54. The maximum absolute atomic E-state index is 5.72. The van der Waals surface area contributed by atoms with Gasteiger partial charge in [-0.3, -0.25) is 0 Å². The second-order valence-corrected chi connectivity index (χ2v) is 4.85. The predicted octanol–water partition coefficient (Wildman–Crippen LogP) is 2.55. The van der Waals surface area contributed by atoms with Crippen molar-refractivity contribution in [1.82, 2.24) is 14.5 Å². The highest BCUT2D eigenvalue weighted by Crippen LogP contribution is 2.17. The molecule has 0 radical (unpaired) electrons. The topological polar surface area (TPSA) is 21.1 Å². The number of halogens is 1. The van der Waals surface area contributed by atoms with Crippen molar-refractivity contribution in [2.24, 2.45) is 7.05 Å². The van der Waals surface area contributed by atoms with Crippen LogP contribution in [0.2, 0.25) is 0 Å². The lowest BCUT2D eigenvalue weighted by Crippen LogP contribution is -2.19. The van der Waals surface area contributed by atoms with Crippen LogP contribution < -0.4 is 0 Å². The first kappa shape index (κ1) is 12.4. The SMILES string of the molecule is Cc1nc2cc(CN(C)CCCl)ccc2n1C. The van der Waals surface area contributed by atoms with Crippen LogP contribution in [0.25, 0.3) is 11.0 Å². The van der Waals surface area contributed by atoms with Crippen molar-refractivity contribution in [3.63, 3.8) is 0 Å². The maximum atomic E-state index is 5.72. The van der Waals surface area contributed by atoms with Crippen molar-refractivity contribution in [3.05, 3.63) is 29.6 Å². The van der Waals surface area contributed by atoms with Crippen LogP contribution in [-0.4, -0.2) is 33.9 Å². The number of hydrogen-bond acceptors (Lipinski definition) is 2. The summed E-state index contributed by atoms with van der Waals surface area (Å²) in [4.78, 5) is 6.76. The third-order valence-corrected chi connectivity index (χ3v) is 3.26. The molecule has 0 spiro atoms. The number of benzene rings is 1. The molecular formula is C13H18ClN3. The van der Waals surface area contributed by atoms with Crippen LogP contribution in [0.4, 0.5) is 0 Å². The van der Waals surface area contributed by atoms with Crippen molar-refractivity contribution in [3.8, 4) is 0 Å². The maximum Gasteiger partial charge on any atom is 0.106 e. The Morgan fingerprint density at radius 2 is 2.18 bits per heavy atom. The molecule has 0 atom stereocenters. The molecule has 0 amide bonds. The minimum atomic E-state index is 0.668. The Bertz CT molecular complexity index is 519. The quantitative estimate of drug-likeness (QED) is 0.779. The average molecular weight is 252 g/mol. The summed E-state index contributed by atoms with van der Waals surface area (Å²) in [5.74, 6) is 1.72. The fourth-order valence-corrected chi connectivity index (χ4v) is 2.29. The third-order valence-electron chi connectivity index (χ3n) is 3.09. The molecule has 0 saturated carbocycles. The molecule has 0 aliphatic carbocycles. The Balaban J connectivity index is 2.26. The van der Waals surface area contributed by atoms with E-state index in [9.17, 15) is 0 Å². The molecule has 0 aliphatic heterocycles. The molecule has 4 heteroatoms. The largest absolute Gasteiger partial charge is 0.331 e. The Hall–Kier alpha value is -1.06. The van der Waals surface area contributed by atoms with Gasteiger partial charge in [0.2, 0.25) is 0 Å². The van der Waals surface area contributed by atoms with Crippen LogP contribution in [0, 0.1) is 6.92 Å². The van der Waals surface area contributed by atoms with E-state index in [0.29, 0.717) is 5.88 Å². The number of hydrogen-bond donors (Lipinski definition) is 0. The highest BCUT2D eigenvalue weighted by Gasteiger charge is 2.06. The van der Waals surface area contributed by atoms with Crippen LogP contribution in [0.1, 0.15) is 11.4 Å². The Labute approximate surface area is 107 Å². The number of alkyl halides is 1. The number of rotatable bonds is 4. The van der Waals surface area contributed by atoms with E-state index in [-0.39, 0.29) is 0 Å². The van der Waals surface area contributed by atoms with Gasteiger partial charge in [-0.05, 0) is 31.7 Å². The average Bonchev–Trinajstić information content (AvgIpc) is 2.55. The predicted molar refractivity (Wildman–Crippen MR) is 72.5 cm³/mol. The number of aromatic nitrogens is 2. The Morgan fingerprint density at radius 1 is 1.41 bits per heavy atom. The van der Waals surface area contributed by atoms with Crippen molar-refractivity contribution in [2.45, 2.75) is 13.5 Å². The molecule has 1 heterocycles. The van der Waals surface area contributed by atoms with E-state index in [2.05, 4.69) is 39.7 Å². The van der Waals surface area contributed by atoms with Gasteiger partial charge in [-0.25, -0.2) is 4.98 Å². The lowest BCUT2D eigenvalue weighted by atomic mass is 10.2. The van der Waals surface area contributed by atoms with Gasteiger partial charge >= 0.3 is 0 Å². The van der Waals surface area contributed by atoms with E-state index >= 15 is 0 Å². The monoisotopic (exact) mass is 251 g/mol. The van der Waals surface area contributed by atoms with Gasteiger partial charge in [-0.15, -0.1) is 11.6 Å². The lowest BCUT2D eigenvalue weighted by molar-refractivity contribution is 0.348. The number of aryl methyl sites for hydroxylation is 2. The van der Waals surface area contributed by atoms with E-state index in [4.69, 9.17) is 11.6 Å². The molecule has 17 heavy (non-hydrogen) atoms. The lowest BCUT2D eigenvalue weighted by Gasteiger charge is -2.14. The van der Waals surface area contributed by atoms with Crippen molar-refractivity contribution < 1.29 is 0 Å². The minimum Gasteiger partial charge on any atom is -0.331 e. The van der Waals surface area contributed by atoms with Crippen molar-refractivity contribution in [1.29, 1.82) is 0 Å². The zero-order chi connectivity index (χ0) is 12.4. The summed E-state index contributed by atoms with van der Waals surface area (Å²) in [6, 6.07) is 6.46. The molecule has 0 bridgehead atoms. The molecular weight excluding hydrogens is 234 g/mol. The highest BCUT2D eigenvalue weighted by molar-refractivity contribution is 6.18. The normalized spacial score (nSPS) is 11.6. The summed E-state index contributed by atoms with van der Waals surface area (Å²) >= 11 is 5.72. The summed E-state index contributed by atoms with van der Waals surface area (Å²) in [6.07, 6.45) is 0. The Morgan fingerprint density at radius 3 is 2.88 bits per heavy atom. The first-order valence-corrected chi connectivity index (χ1v) is 6.31. The highest BCUT2D eigenvalue weighted by atomic mass is 35.5. The van der Waals surface area contributed by atoms with Crippen LogP contribution in [0.3, 0.4) is 0 Å². The van der Waals surface area contributed by atoms with E-state index in [1.807, 2.05) is 14.0 Å². The molecule has 1 aromatic heterocycles. The van der Waals surface area contributed by atoms with Gasteiger partial charge in [0.25, 0.3) is 0 Å². The summed E-state index contributed by atoms with van der Waals surface area (Å²) in [5, 5.41) is 0. The molecule has 0 N–H and O–H groups in total. The van der Waals surface area contributed by atoms with Crippen molar-refractivity contribution >= 4 is 22.6 Å². The van der Waals surface area contributed by atoms with E-state index < -0.39 is 0 Å². The first-order valence-electron chi connectivity index (χ1n) is 5.78. The van der Waals surface area contributed by atoms with E-state index in [0.717, 1.165) is 24.4 Å². The molecule has 3 nitrogen and oxygen atoms in total. The van der Waals surface area contributed by atoms with Crippen LogP contribution >= 0.6 is 11.6 Å². The number of imidazole rings is 1. The molecule has 2 aromatic rings. The second-order valence-electron chi connectivity index (χ2n) is 4.47. The van der Waals surface area contributed by atoms with Gasteiger partial charge in [0.05, 0.1) is 11.0 Å². The van der Waals surface area contributed by atoms with E-state index in [1.54, 1.807) is 0 Å². The van der Waals surface area contributed by atoms with Crippen LogP contribution in [0.15, 0.2) is 18.2 Å². The van der Waals surface area contributed by atoms with E-state index in [1.165, 1.54) is 11.1 Å². The summed E-state index contributed by atoms with van der Waals surface area (Å²) in [6.45, 7) is 3.85. The zero-order valence-electron chi connectivity index (χ0n) is 10.6. The third kappa shape index (κ3) is 2.61.